The molecule has 0 unspecified atom stereocenters. The number of hydrogen-bond acceptors (Lipinski definition) is 5. The zero-order valence-corrected chi connectivity index (χ0v) is 9.37. The minimum atomic E-state index is -4.75. The summed E-state index contributed by atoms with van der Waals surface area (Å²) >= 11 is 5.32. The SMILES string of the molecule is NS(=O)(=O)c1c([N+](=O)[O-])ncc(Cl)c1C(F)F. The molecule has 7 nitrogen and oxygen atoms in total. The molecule has 0 amide bonds. The lowest BCUT2D eigenvalue weighted by Gasteiger charge is -2.07. The maximum absolute atomic E-state index is 12.6. The fourth-order valence-electron chi connectivity index (χ4n) is 1.09. The van der Waals surface area contributed by atoms with E-state index in [1.807, 2.05) is 0 Å². The van der Waals surface area contributed by atoms with Gasteiger partial charge < -0.3 is 10.1 Å². The van der Waals surface area contributed by atoms with Gasteiger partial charge in [0.05, 0.1) is 10.6 Å². The van der Waals surface area contributed by atoms with Crippen molar-refractivity contribution >= 4 is 27.4 Å². The van der Waals surface area contributed by atoms with Crippen molar-refractivity contribution in [3.63, 3.8) is 0 Å². The Labute approximate surface area is 98.4 Å². The first-order chi connectivity index (χ1) is 7.66. The molecule has 0 aromatic carbocycles. The molecule has 0 fully saturated rings. The van der Waals surface area contributed by atoms with Crippen LogP contribution in [0, 0.1) is 10.1 Å². The molecule has 1 rings (SSSR count). The standard InChI is InChI=1S/C6H4ClF2N3O4S/c7-2-1-11-6(12(13)14)4(17(10,15)16)3(2)5(8)9/h1,5H,(H2,10,15,16). The minimum absolute atomic E-state index is 0.565. The van der Waals surface area contributed by atoms with Crippen LogP contribution in [0.15, 0.2) is 11.1 Å². The van der Waals surface area contributed by atoms with Gasteiger partial charge in [-0.15, -0.1) is 0 Å². The van der Waals surface area contributed by atoms with E-state index in [0.717, 1.165) is 0 Å². The Morgan fingerprint density at radius 1 is 1.53 bits per heavy atom. The molecule has 1 heterocycles. The van der Waals surface area contributed by atoms with E-state index in [9.17, 15) is 27.3 Å². The Kier molecular flexibility index (Phi) is 3.59. The van der Waals surface area contributed by atoms with Gasteiger partial charge in [-0.3, -0.25) is 0 Å². The van der Waals surface area contributed by atoms with Gasteiger partial charge in [0.1, 0.15) is 0 Å². The first-order valence-corrected chi connectivity index (χ1v) is 5.72. The number of aromatic nitrogens is 1. The molecule has 0 aliphatic carbocycles. The first kappa shape index (κ1) is 13.7. The van der Waals surface area contributed by atoms with Crippen molar-refractivity contribution in [1.82, 2.24) is 4.98 Å². The third-order valence-corrected chi connectivity index (χ3v) is 2.95. The number of hydrogen-bond donors (Lipinski definition) is 1. The van der Waals surface area contributed by atoms with Crippen LogP contribution >= 0.6 is 11.6 Å². The molecular weight excluding hydrogens is 284 g/mol. The van der Waals surface area contributed by atoms with Crippen molar-refractivity contribution in [3.8, 4) is 0 Å². The molecule has 94 valence electrons. The highest BCUT2D eigenvalue weighted by Gasteiger charge is 2.34. The number of nitrogens with two attached hydrogens (primary N) is 1. The monoisotopic (exact) mass is 287 g/mol. The van der Waals surface area contributed by atoms with Gasteiger partial charge in [-0.25, -0.2) is 22.3 Å². The number of halogens is 3. The maximum Gasteiger partial charge on any atom is 0.384 e. The number of rotatable bonds is 3. The van der Waals surface area contributed by atoms with Gasteiger partial charge in [0.2, 0.25) is 10.0 Å². The predicted molar refractivity (Wildman–Crippen MR) is 52.2 cm³/mol. The largest absolute Gasteiger partial charge is 0.384 e. The predicted octanol–water partition coefficient (Wildman–Crippen LogP) is 1.23. The van der Waals surface area contributed by atoms with Crippen molar-refractivity contribution in [2.45, 2.75) is 11.3 Å². The molecule has 0 aliphatic heterocycles. The number of nitrogens with zero attached hydrogens (tertiary/aromatic N) is 2. The van der Waals surface area contributed by atoms with Crippen molar-refractivity contribution in [3.05, 3.63) is 26.9 Å². The highest BCUT2D eigenvalue weighted by molar-refractivity contribution is 7.89. The van der Waals surface area contributed by atoms with Gasteiger partial charge in [-0.05, 0) is 9.91 Å². The maximum atomic E-state index is 12.6. The second kappa shape index (κ2) is 4.47. The summed E-state index contributed by atoms with van der Waals surface area (Å²) in [6.07, 6.45) is -2.77. The van der Waals surface area contributed by atoms with E-state index in [-0.39, 0.29) is 0 Å². The number of nitro groups is 1. The number of pyridine rings is 1. The normalized spacial score (nSPS) is 11.8. The summed E-state index contributed by atoms with van der Waals surface area (Å²) in [7, 11) is -4.75. The second-order valence-corrected chi connectivity index (χ2v) is 4.68. The van der Waals surface area contributed by atoms with E-state index in [1.54, 1.807) is 0 Å². The van der Waals surface area contributed by atoms with Crippen LogP contribution in [0.1, 0.15) is 12.0 Å². The van der Waals surface area contributed by atoms with E-state index in [0.29, 0.717) is 6.20 Å². The van der Waals surface area contributed by atoms with Crippen LogP contribution in [-0.2, 0) is 10.0 Å². The first-order valence-electron chi connectivity index (χ1n) is 3.80. The lowest BCUT2D eigenvalue weighted by atomic mass is 10.2. The van der Waals surface area contributed by atoms with Gasteiger partial charge in [0.25, 0.3) is 6.43 Å². The molecule has 0 atom stereocenters. The highest BCUT2D eigenvalue weighted by atomic mass is 35.5. The molecule has 0 aliphatic rings. The molecule has 1 aromatic rings. The van der Waals surface area contributed by atoms with E-state index < -0.39 is 42.7 Å². The summed E-state index contributed by atoms with van der Waals surface area (Å²) in [6.45, 7) is 0. The van der Waals surface area contributed by atoms with Crippen LogP contribution in [-0.4, -0.2) is 18.3 Å². The zero-order chi connectivity index (χ0) is 13.4. The molecule has 0 bridgehead atoms. The fourth-order valence-corrected chi connectivity index (χ4v) is 2.26. The summed E-state index contributed by atoms with van der Waals surface area (Å²) < 4.78 is 47.4. The smallest absolute Gasteiger partial charge is 0.358 e. The Hall–Kier alpha value is -1.39. The Balaban J connectivity index is 3.82. The molecule has 2 N–H and O–H groups in total. The van der Waals surface area contributed by atoms with Crippen molar-refractivity contribution in [2.24, 2.45) is 5.14 Å². The quantitative estimate of drug-likeness (QED) is 0.663. The summed E-state index contributed by atoms with van der Waals surface area (Å²) in [6, 6.07) is 0. The summed E-state index contributed by atoms with van der Waals surface area (Å²) in [5.41, 5.74) is -1.23. The van der Waals surface area contributed by atoms with Crippen LogP contribution in [0.25, 0.3) is 0 Å². The third kappa shape index (κ3) is 2.65. The topological polar surface area (TPSA) is 116 Å². The average Bonchev–Trinajstić information content (AvgIpc) is 2.14. The van der Waals surface area contributed by atoms with Gasteiger partial charge >= 0.3 is 5.82 Å². The molecule has 0 saturated carbocycles. The van der Waals surface area contributed by atoms with Gasteiger partial charge in [-0.1, -0.05) is 11.6 Å². The minimum Gasteiger partial charge on any atom is -0.358 e. The summed E-state index contributed by atoms with van der Waals surface area (Å²) in [5.74, 6) is -1.28. The molecular formula is C6H4ClF2N3O4S. The molecule has 17 heavy (non-hydrogen) atoms. The van der Waals surface area contributed by atoms with Gasteiger partial charge in [0.15, 0.2) is 11.1 Å². The Morgan fingerprint density at radius 2 is 2.06 bits per heavy atom. The zero-order valence-electron chi connectivity index (χ0n) is 7.80. The van der Waals surface area contributed by atoms with E-state index in [4.69, 9.17) is 11.6 Å². The van der Waals surface area contributed by atoms with E-state index in [2.05, 4.69) is 10.1 Å². The number of alkyl halides is 2. The number of primary sulfonamides is 1. The second-order valence-electron chi connectivity index (χ2n) is 2.78. The van der Waals surface area contributed by atoms with Crippen molar-refractivity contribution in [1.29, 1.82) is 0 Å². The van der Waals surface area contributed by atoms with Crippen molar-refractivity contribution < 1.29 is 22.1 Å². The van der Waals surface area contributed by atoms with Crippen LogP contribution < -0.4 is 5.14 Å². The van der Waals surface area contributed by atoms with E-state index >= 15 is 0 Å². The highest BCUT2D eigenvalue weighted by Crippen LogP contribution is 2.36. The van der Waals surface area contributed by atoms with E-state index in [1.165, 1.54) is 0 Å². The van der Waals surface area contributed by atoms with Gasteiger partial charge in [0, 0.05) is 0 Å². The third-order valence-electron chi connectivity index (χ3n) is 1.68. The number of sulfonamides is 1. The average molecular weight is 288 g/mol. The lowest BCUT2D eigenvalue weighted by Crippen LogP contribution is -2.18. The molecule has 11 heteroatoms. The molecule has 1 aromatic heterocycles. The van der Waals surface area contributed by atoms with Crippen molar-refractivity contribution in [2.75, 3.05) is 0 Å². The molecule has 0 saturated heterocycles. The van der Waals surface area contributed by atoms with Crippen LogP contribution in [0.2, 0.25) is 5.02 Å². The summed E-state index contributed by atoms with van der Waals surface area (Å²) in [4.78, 5) is 10.9. The van der Waals surface area contributed by atoms with Crippen LogP contribution in [0.5, 0.6) is 0 Å². The fraction of sp³-hybridized carbons (Fsp3) is 0.167. The Morgan fingerprint density at radius 3 is 2.41 bits per heavy atom. The molecule has 0 radical (unpaired) electrons. The summed E-state index contributed by atoms with van der Waals surface area (Å²) in [5, 5.41) is 14.4. The lowest BCUT2D eigenvalue weighted by molar-refractivity contribution is -0.392. The molecule has 0 spiro atoms. The van der Waals surface area contributed by atoms with Gasteiger partial charge in [-0.2, -0.15) is 0 Å². The van der Waals surface area contributed by atoms with Crippen LogP contribution in [0.3, 0.4) is 0 Å². The Bertz CT molecular complexity index is 577. The van der Waals surface area contributed by atoms with Crippen LogP contribution in [0.4, 0.5) is 14.6 Å².